The van der Waals surface area contributed by atoms with Crippen molar-refractivity contribution in [3.05, 3.63) is 0 Å². The number of hydrogen-bond acceptors (Lipinski definition) is 3. The van der Waals surface area contributed by atoms with Crippen LogP contribution in [0.15, 0.2) is 0 Å². The van der Waals surface area contributed by atoms with Gasteiger partial charge in [0.25, 0.3) is 0 Å². The SMILES string of the molecule is C1CC2(CN1)NCCO2. The Morgan fingerprint density at radius 1 is 1.33 bits per heavy atom. The minimum atomic E-state index is 0.0278. The third-order valence-corrected chi connectivity index (χ3v) is 2.04. The molecule has 0 radical (unpaired) electrons. The van der Waals surface area contributed by atoms with Crippen molar-refractivity contribution in [3.8, 4) is 0 Å². The number of nitrogens with one attached hydrogen (secondary N) is 2. The van der Waals surface area contributed by atoms with Crippen molar-refractivity contribution in [2.75, 3.05) is 26.2 Å². The van der Waals surface area contributed by atoms with Gasteiger partial charge in [-0.1, -0.05) is 0 Å². The van der Waals surface area contributed by atoms with Crippen LogP contribution in [0.2, 0.25) is 0 Å². The minimum absolute atomic E-state index is 0.0278. The number of rotatable bonds is 0. The molecule has 0 saturated carbocycles. The van der Waals surface area contributed by atoms with Crippen LogP contribution in [0.4, 0.5) is 0 Å². The van der Waals surface area contributed by atoms with Gasteiger partial charge in [-0.2, -0.15) is 0 Å². The van der Waals surface area contributed by atoms with E-state index < -0.39 is 0 Å². The summed E-state index contributed by atoms with van der Waals surface area (Å²) in [5, 5.41) is 6.61. The van der Waals surface area contributed by atoms with Crippen molar-refractivity contribution in [1.29, 1.82) is 0 Å². The first-order valence-electron chi connectivity index (χ1n) is 3.51. The lowest BCUT2D eigenvalue weighted by molar-refractivity contribution is 0.00799. The Morgan fingerprint density at radius 3 is 2.89 bits per heavy atom. The fraction of sp³-hybridized carbons (Fsp3) is 1.00. The van der Waals surface area contributed by atoms with Crippen LogP contribution in [0, 0.1) is 0 Å². The molecule has 1 unspecified atom stereocenters. The molecule has 2 heterocycles. The van der Waals surface area contributed by atoms with Gasteiger partial charge in [0.2, 0.25) is 0 Å². The maximum atomic E-state index is 5.53. The van der Waals surface area contributed by atoms with Gasteiger partial charge in [0, 0.05) is 19.5 Å². The highest BCUT2D eigenvalue weighted by molar-refractivity contribution is 4.90. The number of hydrogen-bond donors (Lipinski definition) is 2. The van der Waals surface area contributed by atoms with Crippen molar-refractivity contribution in [3.63, 3.8) is 0 Å². The van der Waals surface area contributed by atoms with E-state index in [1.807, 2.05) is 0 Å². The molecule has 9 heavy (non-hydrogen) atoms. The molecule has 2 fully saturated rings. The van der Waals surface area contributed by atoms with Gasteiger partial charge in [0.05, 0.1) is 6.61 Å². The molecule has 0 aliphatic carbocycles. The molecule has 0 aromatic carbocycles. The lowest BCUT2D eigenvalue weighted by atomic mass is 10.2. The average molecular weight is 128 g/mol. The highest BCUT2D eigenvalue weighted by Crippen LogP contribution is 2.19. The van der Waals surface area contributed by atoms with Crippen LogP contribution >= 0.6 is 0 Å². The molecule has 2 N–H and O–H groups in total. The third kappa shape index (κ3) is 0.852. The van der Waals surface area contributed by atoms with Gasteiger partial charge in [-0.25, -0.2) is 0 Å². The molecule has 1 spiro atoms. The summed E-state index contributed by atoms with van der Waals surface area (Å²) in [5.74, 6) is 0. The molecule has 1 atom stereocenters. The zero-order chi connectivity index (χ0) is 6.16. The van der Waals surface area contributed by atoms with Crippen LogP contribution in [0.1, 0.15) is 6.42 Å². The van der Waals surface area contributed by atoms with Crippen LogP contribution in [0.3, 0.4) is 0 Å². The van der Waals surface area contributed by atoms with Gasteiger partial charge in [0.15, 0.2) is 0 Å². The molecule has 3 heteroatoms. The zero-order valence-electron chi connectivity index (χ0n) is 5.44. The Hall–Kier alpha value is -0.120. The van der Waals surface area contributed by atoms with Crippen LogP contribution in [0.25, 0.3) is 0 Å². The highest BCUT2D eigenvalue weighted by Gasteiger charge is 2.37. The molecule has 2 saturated heterocycles. The van der Waals surface area contributed by atoms with E-state index in [1.165, 1.54) is 0 Å². The first kappa shape index (κ1) is 5.65. The van der Waals surface area contributed by atoms with Crippen molar-refractivity contribution < 1.29 is 4.74 Å². The standard InChI is InChI=1S/C6H12N2O/c1-2-7-5-6(1)8-3-4-9-6/h7-8H,1-5H2. The second-order valence-electron chi connectivity index (χ2n) is 2.70. The lowest BCUT2D eigenvalue weighted by Gasteiger charge is -2.20. The summed E-state index contributed by atoms with van der Waals surface area (Å²) >= 11 is 0. The van der Waals surface area contributed by atoms with E-state index in [4.69, 9.17) is 4.74 Å². The van der Waals surface area contributed by atoms with Crippen LogP contribution in [0.5, 0.6) is 0 Å². The summed E-state index contributed by atoms with van der Waals surface area (Å²) < 4.78 is 5.53. The highest BCUT2D eigenvalue weighted by atomic mass is 16.5. The second kappa shape index (κ2) is 1.94. The van der Waals surface area contributed by atoms with Crippen molar-refractivity contribution in [2.45, 2.75) is 12.1 Å². The van der Waals surface area contributed by atoms with E-state index in [9.17, 15) is 0 Å². The van der Waals surface area contributed by atoms with Gasteiger partial charge in [-0.15, -0.1) is 0 Å². The summed E-state index contributed by atoms with van der Waals surface area (Å²) in [6.45, 7) is 3.96. The van der Waals surface area contributed by atoms with Gasteiger partial charge in [-0.3, -0.25) is 5.32 Å². The molecule has 52 valence electrons. The predicted octanol–water partition coefficient (Wildman–Crippen LogP) is -0.704. The molecule has 2 aliphatic heterocycles. The summed E-state index contributed by atoms with van der Waals surface area (Å²) in [4.78, 5) is 0. The van der Waals surface area contributed by atoms with Crippen molar-refractivity contribution >= 4 is 0 Å². The first-order valence-corrected chi connectivity index (χ1v) is 3.51. The van der Waals surface area contributed by atoms with E-state index in [1.54, 1.807) is 0 Å². The average Bonchev–Trinajstić information content (AvgIpc) is 2.45. The fourth-order valence-corrected chi connectivity index (χ4v) is 1.52. The Bertz CT molecular complexity index is 86.1. The summed E-state index contributed by atoms with van der Waals surface area (Å²) in [5.41, 5.74) is 0.0278. The van der Waals surface area contributed by atoms with Crippen molar-refractivity contribution in [2.24, 2.45) is 0 Å². The van der Waals surface area contributed by atoms with Gasteiger partial charge in [-0.05, 0) is 6.54 Å². The maximum absolute atomic E-state index is 5.53. The summed E-state index contributed by atoms with van der Waals surface area (Å²) in [7, 11) is 0. The lowest BCUT2D eigenvalue weighted by Crippen LogP contribution is -2.42. The first-order chi connectivity index (χ1) is 4.41. The van der Waals surface area contributed by atoms with Crippen LogP contribution < -0.4 is 10.6 Å². The van der Waals surface area contributed by atoms with E-state index in [0.717, 1.165) is 32.7 Å². The molecular weight excluding hydrogens is 116 g/mol. The van der Waals surface area contributed by atoms with Crippen LogP contribution in [-0.2, 0) is 4.74 Å². The summed E-state index contributed by atoms with van der Waals surface area (Å²) in [6, 6.07) is 0. The quantitative estimate of drug-likeness (QED) is 0.452. The van der Waals surface area contributed by atoms with Crippen molar-refractivity contribution in [1.82, 2.24) is 10.6 Å². The van der Waals surface area contributed by atoms with E-state index >= 15 is 0 Å². The van der Waals surface area contributed by atoms with Gasteiger partial charge in [0.1, 0.15) is 5.72 Å². The topological polar surface area (TPSA) is 33.3 Å². The Balaban J connectivity index is 2.04. The molecule has 0 amide bonds. The van der Waals surface area contributed by atoms with E-state index in [-0.39, 0.29) is 5.72 Å². The molecule has 0 bridgehead atoms. The van der Waals surface area contributed by atoms with E-state index in [0.29, 0.717) is 0 Å². The maximum Gasteiger partial charge on any atom is 0.133 e. The fourth-order valence-electron chi connectivity index (χ4n) is 1.52. The van der Waals surface area contributed by atoms with Gasteiger partial charge >= 0.3 is 0 Å². The molecule has 2 rings (SSSR count). The smallest absolute Gasteiger partial charge is 0.133 e. The Labute approximate surface area is 54.8 Å². The second-order valence-corrected chi connectivity index (χ2v) is 2.70. The largest absolute Gasteiger partial charge is 0.358 e. The Morgan fingerprint density at radius 2 is 2.33 bits per heavy atom. The zero-order valence-corrected chi connectivity index (χ0v) is 5.44. The minimum Gasteiger partial charge on any atom is -0.358 e. The summed E-state index contributed by atoms with van der Waals surface area (Å²) in [6.07, 6.45) is 1.12. The molecule has 0 aromatic heterocycles. The molecule has 2 aliphatic rings. The Kier molecular flexibility index (Phi) is 1.22. The van der Waals surface area contributed by atoms with Gasteiger partial charge < -0.3 is 10.1 Å². The number of ether oxygens (including phenoxy) is 1. The molecule has 0 aromatic rings. The predicted molar refractivity (Wildman–Crippen MR) is 34.2 cm³/mol. The monoisotopic (exact) mass is 128 g/mol. The van der Waals surface area contributed by atoms with E-state index in [2.05, 4.69) is 10.6 Å². The van der Waals surface area contributed by atoms with Crippen LogP contribution in [-0.4, -0.2) is 32.0 Å². The third-order valence-electron chi connectivity index (χ3n) is 2.04. The normalized spacial score (nSPS) is 42.7. The molecular formula is C6H12N2O. The molecule has 3 nitrogen and oxygen atoms in total.